The van der Waals surface area contributed by atoms with E-state index in [2.05, 4.69) is 191 Å². The van der Waals surface area contributed by atoms with E-state index in [0.717, 1.165) is 55.4 Å². The number of para-hydroxylation sites is 3. The van der Waals surface area contributed by atoms with Crippen LogP contribution in [0.15, 0.2) is 182 Å². The number of aromatic nitrogens is 4. The van der Waals surface area contributed by atoms with Gasteiger partial charge in [-0.25, -0.2) is 9.97 Å². The van der Waals surface area contributed by atoms with Crippen LogP contribution in [0.1, 0.15) is 0 Å². The molecule has 3 heterocycles. The van der Waals surface area contributed by atoms with Crippen molar-refractivity contribution in [2.75, 3.05) is 0 Å². The Kier molecular flexibility index (Phi) is 6.22. The standard InChI is InChI=1S/C48H30N4/c1-2-18-33(19-3-1)51-43-26-10-8-22-38(43)39-28-29-45-46(47(39)51)40-23-9-11-27-44(40)52(45)48-49-41(36-24-12-16-31-14-4-6-20-34(31)36)30-42(50-48)37-25-13-17-32-15-5-7-21-35(32)37/h1-30H. The highest BCUT2D eigenvalue weighted by Gasteiger charge is 2.23. The van der Waals surface area contributed by atoms with Crippen LogP contribution in [-0.2, 0) is 0 Å². The van der Waals surface area contributed by atoms with Gasteiger partial charge in [-0.1, -0.05) is 146 Å². The molecule has 0 aliphatic heterocycles. The fourth-order valence-electron chi connectivity index (χ4n) is 8.28. The van der Waals surface area contributed by atoms with E-state index in [1.165, 1.54) is 38.0 Å². The Bertz CT molecular complexity index is 3080. The Balaban J connectivity index is 1.28. The van der Waals surface area contributed by atoms with Gasteiger partial charge >= 0.3 is 0 Å². The van der Waals surface area contributed by atoms with Crippen molar-refractivity contribution >= 4 is 65.2 Å². The predicted molar refractivity (Wildman–Crippen MR) is 217 cm³/mol. The number of benzene rings is 8. The zero-order valence-electron chi connectivity index (χ0n) is 28.1. The third-order valence-electron chi connectivity index (χ3n) is 10.5. The lowest BCUT2D eigenvalue weighted by Gasteiger charge is -2.14. The maximum absolute atomic E-state index is 5.45. The van der Waals surface area contributed by atoms with Crippen LogP contribution in [0.2, 0.25) is 0 Å². The second-order valence-electron chi connectivity index (χ2n) is 13.4. The van der Waals surface area contributed by atoms with Crippen LogP contribution in [0.4, 0.5) is 0 Å². The summed E-state index contributed by atoms with van der Waals surface area (Å²) in [4.78, 5) is 10.9. The van der Waals surface area contributed by atoms with Crippen molar-refractivity contribution in [2.45, 2.75) is 0 Å². The summed E-state index contributed by atoms with van der Waals surface area (Å²) in [7, 11) is 0. The molecule has 4 nitrogen and oxygen atoms in total. The molecule has 242 valence electrons. The Morgan fingerprint density at radius 1 is 0.346 bits per heavy atom. The van der Waals surface area contributed by atoms with E-state index in [-0.39, 0.29) is 0 Å². The molecule has 0 unspecified atom stereocenters. The zero-order chi connectivity index (χ0) is 34.2. The SMILES string of the molecule is c1ccc(-n2c3ccccc3c3ccc4c(c5ccccc5n4-c4nc(-c5cccc6ccccc56)cc(-c5cccc6ccccc56)n4)c32)cc1. The van der Waals surface area contributed by atoms with Crippen LogP contribution in [0.5, 0.6) is 0 Å². The largest absolute Gasteiger partial charge is 0.309 e. The van der Waals surface area contributed by atoms with Crippen LogP contribution in [-0.4, -0.2) is 19.1 Å². The molecule has 0 bridgehead atoms. The van der Waals surface area contributed by atoms with Crippen LogP contribution in [0.25, 0.3) is 99.3 Å². The highest BCUT2D eigenvalue weighted by Crippen LogP contribution is 2.42. The summed E-state index contributed by atoms with van der Waals surface area (Å²) < 4.78 is 4.68. The summed E-state index contributed by atoms with van der Waals surface area (Å²) in [5, 5.41) is 9.47. The molecule has 0 spiro atoms. The Hall–Kier alpha value is -7.04. The molecule has 3 aromatic heterocycles. The highest BCUT2D eigenvalue weighted by atomic mass is 15.2. The number of hydrogen-bond donors (Lipinski definition) is 0. The lowest BCUT2D eigenvalue weighted by molar-refractivity contribution is 0.997. The van der Waals surface area contributed by atoms with Gasteiger partial charge in [0.25, 0.3) is 0 Å². The molecular weight excluding hydrogens is 633 g/mol. The summed E-state index contributed by atoms with van der Waals surface area (Å²) in [5.74, 6) is 0.640. The highest BCUT2D eigenvalue weighted by molar-refractivity contribution is 6.26. The van der Waals surface area contributed by atoms with Crippen molar-refractivity contribution in [3.8, 4) is 34.2 Å². The summed E-state index contributed by atoms with van der Waals surface area (Å²) in [6.45, 7) is 0. The summed E-state index contributed by atoms with van der Waals surface area (Å²) in [5.41, 5.74) is 9.54. The van der Waals surface area contributed by atoms with Gasteiger partial charge in [0.15, 0.2) is 0 Å². The minimum absolute atomic E-state index is 0.640. The molecule has 0 aliphatic carbocycles. The van der Waals surface area contributed by atoms with Gasteiger partial charge in [0.05, 0.1) is 33.5 Å². The molecule has 11 aromatic rings. The molecule has 4 heteroatoms. The van der Waals surface area contributed by atoms with E-state index in [0.29, 0.717) is 5.95 Å². The summed E-state index contributed by atoms with van der Waals surface area (Å²) in [6.07, 6.45) is 0. The van der Waals surface area contributed by atoms with Crippen LogP contribution < -0.4 is 0 Å². The maximum atomic E-state index is 5.45. The maximum Gasteiger partial charge on any atom is 0.235 e. The minimum atomic E-state index is 0.640. The molecule has 52 heavy (non-hydrogen) atoms. The van der Waals surface area contributed by atoms with Gasteiger partial charge in [0.2, 0.25) is 5.95 Å². The number of hydrogen-bond acceptors (Lipinski definition) is 2. The van der Waals surface area contributed by atoms with Crippen molar-refractivity contribution < 1.29 is 0 Å². The molecule has 0 N–H and O–H groups in total. The molecule has 0 radical (unpaired) electrons. The number of rotatable bonds is 4. The molecular formula is C48H30N4. The van der Waals surface area contributed by atoms with Crippen molar-refractivity contribution in [1.29, 1.82) is 0 Å². The van der Waals surface area contributed by atoms with Crippen molar-refractivity contribution in [3.63, 3.8) is 0 Å². The monoisotopic (exact) mass is 662 g/mol. The molecule has 11 rings (SSSR count). The normalized spacial score (nSPS) is 11.8. The molecule has 0 saturated heterocycles. The molecule has 0 amide bonds. The average molecular weight is 663 g/mol. The first-order valence-corrected chi connectivity index (χ1v) is 17.7. The van der Waals surface area contributed by atoms with Gasteiger partial charge < -0.3 is 4.57 Å². The van der Waals surface area contributed by atoms with E-state index >= 15 is 0 Å². The van der Waals surface area contributed by atoms with E-state index in [4.69, 9.17) is 9.97 Å². The predicted octanol–water partition coefficient (Wildman–Crippen LogP) is 12.3. The summed E-state index contributed by atoms with van der Waals surface area (Å²) >= 11 is 0. The second kappa shape index (κ2) is 11.2. The number of nitrogens with zero attached hydrogens (tertiary/aromatic N) is 4. The smallest absolute Gasteiger partial charge is 0.235 e. The molecule has 0 saturated carbocycles. The quantitative estimate of drug-likeness (QED) is 0.188. The molecule has 8 aromatic carbocycles. The lowest BCUT2D eigenvalue weighted by atomic mass is 9.99. The number of fused-ring (bicyclic) bond motifs is 9. The molecule has 0 aliphatic rings. The van der Waals surface area contributed by atoms with E-state index < -0.39 is 0 Å². The van der Waals surface area contributed by atoms with Crippen LogP contribution >= 0.6 is 0 Å². The zero-order valence-corrected chi connectivity index (χ0v) is 28.1. The third-order valence-corrected chi connectivity index (χ3v) is 10.5. The Morgan fingerprint density at radius 3 is 1.52 bits per heavy atom. The average Bonchev–Trinajstić information content (AvgIpc) is 3.73. The van der Waals surface area contributed by atoms with Gasteiger partial charge in [0.1, 0.15) is 0 Å². The van der Waals surface area contributed by atoms with Gasteiger partial charge in [-0.3, -0.25) is 4.57 Å². The fraction of sp³-hybridized carbons (Fsp3) is 0. The molecule has 0 atom stereocenters. The first-order chi connectivity index (χ1) is 25.8. The topological polar surface area (TPSA) is 35.6 Å². The first kappa shape index (κ1) is 28.8. The first-order valence-electron chi connectivity index (χ1n) is 17.7. The minimum Gasteiger partial charge on any atom is -0.309 e. The van der Waals surface area contributed by atoms with Crippen molar-refractivity contribution in [3.05, 3.63) is 182 Å². The van der Waals surface area contributed by atoms with Crippen molar-refractivity contribution in [2.24, 2.45) is 0 Å². The van der Waals surface area contributed by atoms with Gasteiger partial charge in [-0.05, 0) is 57.9 Å². The second-order valence-corrected chi connectivity index (χ2v) is 13.4. The fourth-order valence-corrected chi connectivity index (χ4v) is 8.28. The van der Waals surface area contributed by atoms with Gasteiger partial charge in [-0.2, -0.15) is 0 Å². The van der Waals surface area contributed by atoms with Gasteiger partial charge in [-0.15, -0.1) is 0 Å². The third kappa shape index (κ3) is 4.21. The lowest BCUT2D eigenvalue weighted by Crippen LogP contribution is -2.04. The van der Waals surface area contributed by atoms with Crippen molar-refractivity contribution in [1.82, 2.24) is 19.1 Å². The summed E-state index contributed by atoms with van der Waals surface area (Å²) in [6, 6.07) is 64.8. The van der Waals surface area contributed by atoms with E-state index in [1.807, 2.05) is 0 Å². The van der Waals surface area contributed by atoms with Crippen LogP contribution in [0, 0.1) is 0 Å². The van der Waals surface area contributed by atoms with Crippen LogP contribution in [0.3, 0.4) is 0 Å². The molecule has 0 fully saturated rings. The Morgan fingerprint density at radius 2 is 0.865 bits per heavy atom. The van der Waals surface area contributed by atoms with Gasteiger partial charge in [0, 0.05) is 38.4 Å². The Labute approximate surface area is 299 Å². The van der Waals surface area contributed by atoms with E-state index in [1.54, 1.807) is 0 Å². The van der Waals surface area contributed by atoms with E-state index in [9.17, 15) is 0 Å².